The number of hydrogen-bond donors (Lipinski definition) is 8. The van der Waals surface area contributed by atoms with Gasteiger partial charge in [0.05, 0.1) is 0 Å². The third-order valence-corrected chi connectivity index (χ3v) is 12.3. The zero-order valence-electron chi connectivity index (χ0n) is 42.9. The summed E-state index contributed by atoms with van der Waals surface area (Å²) in [6.07, 6.45) is -0.712. The van der Waals surface area contributed by atoms with E-state index in [1.807, 2.05) is 13.8 Å². The van der Waals surface area contributed by atoms with Crippen LogP contribution in [-0.4, -0.2) is 129 Å². The van der Waals surface area contributed by atoms with Crippen molar-refractivity contribution in [2.45, 2.75) is 156 Å². The van der Waals surface area contributed by atoms with Crippen LogP contribution in [0.1, 0.15) is 117 Å². The number of nitrogens with two attached hydrogens (primary N) is 1. The van der Waals surface area contributed by atoms with Crippen molar-refractivity contribution in [3.05, 3.63) is 77.5 Å². The number of phenolic OH excluding ortho intramolecular Hbond substituents is 1. The molecule has 2 aromatic carbocycles. The number of aromatic hydroxyl groups is 1. The van der Waals surface area contributed by atoms with Gasteiger partial charge in [0, 0.05) is 31.1 Å². The molecule has 71 heavy (non-hydrogen) atoms. The highest BCUT2D eigenvalue weighted by atomic mass is 16.5. The van der Waals surface area contributed by atoms with Crippen LogP contribution in [0.5, 0.6) is 5.75 Å². The van der Waals surface area contributed by atoms with Crippen LogP contribution < -0.4 is 32.3 Å². The molecule has 0 aliphatic heterocycles. The zero-order chi connectivity index (χ0) is 53.7. The summed E-state index contributed by atoms with van der Waals surface area (Å²) in [7, 11) is 1.36. The first kappa shape index (κ1) is 60.3. The standard InChI is InChI=1S/C51H76N8O12/c1-12-30(6)42(56-48(67)40(27-35-20-22-37(62)23-21-35)58(11)50(69)44(31(7)13-2)59(28-60)34(10)61)51(70)71-33(9)43(49(68)55-39(26-29(4)5)47(66)53-32(8)14-3)57-46(65)38(24-25-41(52)63)54-45(64)36-18-16-15-17-19-36/h14-23,28-31,33-34,38-40,42-44,61-62H,12-13,24-27H2,1-11H3,(H2,52,63)(H,53,66)(H,54,64)(H,55,68)(H,56,67)(H,57,65)/b32-14+/t30?,31?,33-,34+,38+,39+,40+,42+,43+,44+/m1/s1. The minimum Gasteiger partial charge on any atom is -0.508 e. The third kappa shape index (κ3) is 18.8. The molecule has 0 radical (unpaired) electrons. The van der Waals surface area contributed by atoms with Gasteiger partial charge in [0.15, 0.2) is 0 Å². The van der Waals surface area contributed by atoms with Gasteiger partial charge in [-0.1, -0.05) is 90.8 Å². The number of carbonyl (C=O) groups excluding carboxylic acids is 9. The number of primary amides is 1. The molecule has 0 saturated heterocycles. The van der Waals surface area contributed by atoms with E-state index >= 15 is 0 Å². The number of rotatable bonds is 29. The number of likely N-dealkylation sites (N-methyl/N-ethyl adjacent to an activating group) is 1. The number of nitrogens with one attached hydrogen (secondary N) is 5. The number of carbonyl (C=O) groups is 9. The number of nitrogens with zero attached hydrogens (tertiary/aromatic N) is 2. The SMILES string of the molecule is C/C=C(\C)NC(=O)[C@H](CC(C)C)NC(=O)[C@@H](NC(=O)[C@H](CCC(N)=O)NC(=O)c1ccccc1)[C@@H](C)OC(=O)[C@@H](NC(=O)[C@H](Cc1ccc(O)cc1)N(C)C(=O)[C@H](C(C)CC)N(C=O)[C@H](C)O)C(C)CC. The smallest absolute Gasteiger partial charge is 0.329 e. The first-order valence-corrected chi connectivity index (χ1v) is 24.1. The topological polar surface area (TPSA) is 296 Å². The maximum absolute atomic E-state index is 14.6. The molecular formula is C51H76N8O12. The van der Waals surface area contributed by atoms with Crippen molar-refractivity contribution in [1.29, 1.82) is 0 Å². The lowest BCUT2D eigenvalue weighted by Gasteiger charge is -2.38. The maximum atomic E-state index is 14.6. The minimum absolute atomic E-state index is 0.0491. The highest BCUT2D eigenvalue weighted by Gasteiger charge is 2.41. The van der Waals surface area contributed by atoms with E-state index in [-0.39, 0.29) is 42.9 Å². The van der Waals surface area contributed by atoms with Crippen LogP contribution in [0.2, 0.25) is 0 Å². The number of aliphatic hydroxyl groups is 1. The molecule has 0 aliphatic carbocycles. The fourth-order valence-electron chi connectivity index (χ4n) is 7.49. The molecule has 0 heterocycles. The molecule has 2 aromatic rings. The Morgan fingerprint density at radius 2 is 1.35 bits per heavy atom. The molecule has 0 aliphatic rings. The molecule has 20 nitrogen and oxygen atoms in total. The molecule has 0 spiro atoms. The van der Waals surface area contributed by atoms with Gasteiger partial charge in [-0.3, -0.25) is 38.4 Å². The van der Waals surface area contributed by atoms with Crippen LogP contribution in [-0.2, 0) is 49.5 Å². The molecular weight excluding hydrogens is 917 g/mol. The molecule has 2 unspecified atom stereocenters. The lowest BCUT2D eigenvalue weighted by molar-refractivity contribution is -0.158. The van der Waals surface area contributed by atoms with Crippen LogP contribution in [0, 0.1) is 17.8 Å². The molecule has 9 N–H and O–H groups in total. The van der Waals surface area contributed by atoms with E-state index in [0.29, 0.717) is 30.5 Å². The number of amides is 8. The number of hydrogen-bond acceptors (Lipinski definition) is 12. The van der Waals surface area contributed by atoms with E-state index in [4.69, 9.17) is 10.5 Å². The van der Waals surface area contributed by atoms with Gasteiger partial charge in [0.2, 0.25) is 41.9 Å². The largest absolute Gasteiger partial charge is 0.508 e. The number of aliphatic hydroxyl groups excluding tert-OH is 1. The lowest BCUT2D eigenvalue weighted by atomic mass is 9.94. The molecule has 0 bridgehead atoms. The average Bonchev–Trinajstić information content (AvgIpc) is 3.33. The molecule has 0 saturated carbocycles. The van der Waals surface area contributed by atoms with Gasteiger partial charge in [-0.05, 0) is 88.1 Å². The van der Waals surface area contributed by atoms with E-state index in [9.17, 15) is 53.4 Å². The van der Waals surface area contributed by atoms with Crippen molar-refractivity contribution in [3.8, 4) is 5.75 Å². The van der Waals surface area contributed by atoms with Crippen molar-refractivity contribution in [2.24, 2.45) is 23.5 Å². The van der Waals surface area contributed by atoms with Crippen molar-refractivity contribution < 1.29 is 58.1 Å². The highest BCUT2D eigenvalue weighted by molar-refractivity contribution is 5.99. The summed E-state index contributed by atoms with van der Waals surface area (Å²) < 4.78 is 5.95. The Morgan fingerprint density at radius 1 is 0.761 bits per heavy atom. The molecule has 0 aromatic heterocycles. The summed E-state index contributed by atoms with van der Waals surface area (Å²) in [6.45, 7) is 16.6. The Labute approximate surface area is 417 Å². The molecule has 10 atom stereocenters. The van der Waals surface area contributed by atoms with Crippen molar-refractivity contribution in [2.75, 3.05) is 7.05 Å². The molecule has 2 rings (SSSR count). The monoisotopic (exact) mass is 993 g/mol. The Morgan fingerprint density at radius 3 is 1.87 bits per heavy atom. The van der Waals surface area contributed by atoms with Gasteiger partial charge < -0.3 is 57.1 Å². The fourth-order valence-corrected chi connectivity index (χ4v) is 7.49. The van der Waals surface area contributed by atoms with Gasteiger partial charge in [-0.2, -0.15) is 0 Å². The Bertz CT molecular complexity index is 2150. The van der Waals surface area contributed by atoms with Crippen LogP contribution in [0.25, 0.3) is 0 Å². The molecule has 0 fully saturated rings. The van der Waals surface area contributed by atoms with Crippen LogP contribution in [0.4, 0.5) is 0 Å². The van der Waals surface area contributed by atoms with E-state index < -0.39 is 108 Å². The molecule has 392 valence electrons. The van der Waals surface area contributed by atoms with Crippen LogP contribution in [0.15, 0.2) is 66.4 Å². The van der Waals surface area contributed by atoms with Gasteiger partial charge in [0.25, 0.3) is 5.91 Å². The second-order valence-electron chi connectivity index (χ2n) is 18.4. The number of benzene rings is 2. The van der Waals surface area contributed by atoms with Gasteiger partial charge in [-0.15, -0.1) is 0 Å². The quantitative estimate of drug-likeness (QED) is 0.0332. The maximum Gasteiger partial charge on any atom is 0.329 e. The van der Waals surface area contributed by atoms with Crippen LogP contribution >= 0.6 is 0 Å². The first-order valence-electron chi connectivity index (χ1n) is 24.1. The summed E-state index contributed by atoms with van der Waals surface area (Å²) in [6, 6.07) is 5.57. The zero-order valence-corrected chi connectivity index (χ0v) is 42.9. The van der Waals surface area contributed by atoms with Crippen molar-refractivity contribution in [1.82, 2.24) is 36.4 Å². The van der Waals surface area contributed by atoms with Gasteiger partial charge in [0.1, 0.15) is 54.3 Å². The Kier molecular flexibility index (Phi) is 24.9. The number of ether oxygens (including phenoxy) is 1. The predicted molar refractivity (Wildman–Crippen MR) is 265 cm³/mol. The van der Waals surface area contributed by atoms with E-state index in [0.717, 1.165) is 9.80 Å². The molecule has 20 heteroatoms. The van der Waals surface area contributed by atoms with E-state index in [1.54, 1.807) is 78.0 Å². The summed E-state index contributed by atoms with van der Waals surface area (Å²) >= 11 is 0. The summed E-state index contributed by atoms with van der Waals surface area (Å²) in [5, 5.41) is 33.8. The van der Waals surface area contributed by atoms with Crippen molar-refractivity contribution in [3.63, 3.8) is 0 Å². The summed E-state index contributed by atoms with van der Waals surface area (Å²) in [5.41, 5.74) is 6.64. The third-order valence-electron chi connectivity index (χ3n) is 12.3. The highest BCUT2D eigenvalue weighted by Crippen LogP contribution is 2.22. The average molecular weight is 993 g/mol. The normalized spacial score (nSPS) is 15.6. The number of phenols is 1. The predicted octanol–water partition coefficient (Wildman–Crippen LogP) is 2.56. The van der Waals surface area contributed by atoms with Crippen LogP contribution in [0.3, 0.4) is 0 Å². The second-order valence-corrected chi connectivity index (χ2v) is 18.4. The minimum atomic E-state index is -1.74. The van der Waals surface area contributed by atoms with Gasteiger partial charge in [-0.25, -0.2) is 4.79 Å². The second kappa shape index (κ2) is 29.4. The number of allylic oxidation sites excluding steroid dienone is 2. The fraction of sp³-hybridized carbons (Fsp3) is 0.549. The lowest BCUT2D eigenvalue weighted by Crippen LogP contribution is -2.61. The van der Waals surface area contributed by atoms with E-state index in [2.05, 4.69) is 26.6 Å². The Balaban J connectivity index is 2.67. The summed E-state index contributed by atoms with van der Waals surface area (Å²) in [4.78, 5) is 125. The van der Waals surface area contributed by atoms with Gasteiger partial charge >= 0.3 is 5.97 Å². The molecule has 8 amide bonds. The first-order chi connectivity index (χ1) is 33.4. The summed E-state index contributed by atoms with van der Waals surface area (Å²) in [5.74, 6) is -7.69. The number of esters is 1. The van der Waals surface area contributed by atoms with Crippen molar-refractivity contribution >= 4 is 53.7 Å². The van der Waals surface area contributed by atoms with E-state index in [1.165, 1.54) is 45.2 Å². The Hall–Kier alpha value is -6.83.